The van der Waals surface area contributed by atoms with Crippen molar-refractivity contribution in [3.8, 4) is 0 Å². The summed E-state index contributed by atoms with van der Waals surface area (Å²) in [5.74, 6) is -0.199. The van der Waals surface area contributed by atoms with Crippen LogP contribution in [0.3, 0.4) is 0 Å². The summed E-state index contributed by atoms with van der Waals surface area (Å²) in [7, 11) is 0. The molecule has 1 aromatic heterocycles. The summed E-state index contributed by atoms with van der Waals surface area (Å²) in [4.78, 5) is 29.0. The standard InChI is InChI=1S/C18H21N3O4S2/c22-10-12-2-1-3-13(8-12)19-9-14-4-5-16(23)21(14)6-7-26-18-20-15(11-27-18)17(24)25/h1-3,8,11,14,19,22H,4-7,9-10H2,(H,24,25). The highest BCUT2D eigenvalue weighted by atomic mass is 32.2. The number of carbonyl (C=O) groups excluding carboxylic acids is 1. The summed E-state index contributed by atoms with van der Waals surface area (Å²) in [6, 6.07) is 7.73. The van der Waals surface area contributed by atoms with Gasteiger partial charge < -0.3 is 20.4 Å². The molecule has 1 atom stereocenters. The number of amides is 1. The lowest BCUT2D eigenvalue weighted by atomic mass is 10.2. The lowest BCUT2D eigenvalue weighted by molar-refractivity contribution is -0.128. The molecule has 1 amide bonds. The zero-order chi connectivity index (χ0) is 19.2. The number of aliphatic hydroxyl groups excluding tert-OH is 1. The number of carboxylic acid groups (broad SMARTS) is 1. The highest BCUT2D eigenvalue weighted by Gasteiger charge is 2.30. The molecule has 1 aromatic carbocycles. The van der Waals surface area contributed by atoms with Crippen LogP contribution in [-0.4, -0.2) is 56.9 Å². The van der Waals surface area contributed by atoms with E-state index in [2.05, 4.69) is 10.3 Å². The van der Waals surface area contributed by atoms with E-state index >= 15 is 0 Å². The predicted octanol–water partition coefficient (Wildman–Crippen LogP) is 2.53. The number of benzene rings is 1. The van der Waals surface area contributed by atoms with Crippen LogP contribution in [0.4, 0.5) is 5.69 Å². The molecule has 1 saturated heterocycles. The van der Waals surface area contributed by atoms with Gasteiger partial charge in [-0.3, -0.25) is 4.79 Å². The van der Waals surface area contributed by atoms with Crippen molar-refractivity contribution in [1.82, 2.24) is 9.88 Å². The maximum absolute atomic E-state index is 12.2. The van der Waals surface area contributed by atoms with Gasteiger partial charge >= 0.3 is 5.97 Å². The van der Waals surface area contributed by atoms with E-state index in [4.69, 9.17) is 5.11 Å². The molecule has 0 aliphatic carbocycles. The van der Waals surface area contributed by atoms with E-state index in [-0.39, 0.29) is 24.2 Å². The first-order chi connectivity index (χ1) is 13.1. The molecule has 1 aliphatic rings. The second-order valence-corrected chi connectivity index (χ2v) is 8.37. The summed E-state index contributed by atoms with van der Waals surface area (Å²) < 4.78 is 0.703. The number of aromatic nitrogens is 1. The summed E-state index contributed by atoms with van der Waals surface area (Å²) in [5, 5.41) is 23.0. The highest BCUT2D eigenvalue weighted by Crippen LogP contribution is 2.25. The number of hydrogen-bond acceptors (Lipinski definition) is 7. The fourth-order valence-electron chi connectivity index (χ4n) is 2.98. The Kier molecular flexibility index (Phi) is 6.70. The third-order valence-electron chi connectivity index (χ3n) is 4.36. The fourth-order valence-corrected chi connectivity index (χ4v) is 4.79. The Balaban J connectivity index is 1.50. The molecule has 0 bridgehead atoms. The number of carboxylic acids is 1. The molecule has 9 heteroatoms. The lowest BCUT2D eigenvalue weighted by Crippen LogP contribution is -2.39. The number of likely N-dealkylation sites (tertiary alicyclic amines) is 1. The van der Waals surface area contributed by atoms with Gasteiger partial charge in [-0.15, -0.1) is 11.3 Å². The number of thiazole rings is 1. The number of nitrogens with zero attached hydrogens (tertiary/aromatic N) is 2. The van der Waals surface area contributed by atoms with Crippen molar-refractivity contribution >= 4 is 40.7 Å². The van der Waals surface area contributed by atoms with Crippen LogP contribution in [0.15, 0.2) is 34.0 Å². The Morgan fingerprint density at radius 3 is 3.04 bits per heavy atom. The van der Waals surface area contributed by atoms with Gasteiger partial charge in [0.1, 0.15) is 0 Å². The third kappa shape index (κ3) is 5.21. The van der Waals surface area contributed by atoms with Gasteiger partial charge in [0.05, 0.1) is 6.61 Å². The van der Waals surface area contributed by atoms with Gasteiger partial charge in [-0.05, 0) is 24.1 Å². The largest absolute Gasteiger partial charge is 0.476 e. The maximum Gasteiger partial charge on any atom is 0.355 e. The van der Waals surface area contributed by atoms with Crippen LogP contribution in [-0.2, 0) is 11.4 Å². The van der Waals surface area contributed by atoms with Gasteiger partial charge in [0.25, 0.3) is 0 Å². The summed E-state index contributed by atoms with van der Waals surface area (Å²) in [6.07, 6.45) is 1.37. The molecular weight excluding hydrogens is 386 g/mol. The van der Waals surface area contributed by atoms with E-state index in [1.165, 1.54) is 28.5 Å². The van der Waals surface area contributed by atoms with Crippen LogP contribution in [0, 0.1) is 0 Å². The number of anilines is 1. The van der Waals surface area contributed by atoms with Gasteiger partial charge in [-0.2, -0.15) is 0 Å². The Morgan fingerprint density at radius 1 is 1.44 bits per heavy atom. The third-order valence-corrected chi connectivity index (χ3v) is 6.37. The van der Waals surface area contributed by atoms with Crippen molar-refractivity contribution in [3.63, 3.8) is 0 Å². The molecule has 3 rings (SSSR count). The summed E-state index contributed by atoms with van der Waals surface area (Å²) >= 11 is 2.78. The molecule has 0 radical (unpaired) electrons. The Bertz CT molecular complexity index is 811. The highest BCUT2D eigenvalue weighted by molar-refractivity contribution is 8.01. The lowest BCUT2D eigenvalue weighted by Gasteiger charge is -2.25. The molecule has 1 fully saturated rings. The van der Waals surface area contributed by atoms with E-state index in [1.807, 2.05) is 29.2 Å². The minimum absolute atomic E-state index is 0.00112. The first kappa shape index (κ1) is 19.7. The average Bonchev–Trinajstić information content (AvgIpc) is 3.28. The van der Waals surface area contributed by atoms with Crippen molar-refractivity contribution in [2.75, 3.05) is 24.2 Å². The molecule has 2 aromatic rings. The summed E-state index contributed by atoms with van der Waals surface area (Å²) in [6.45, 7) is 1.27. The van der Waals surface area contributed by atoms with Gasteiger partial charge in [0.2, 0.25) is 5.91 Å². The first-order valence-electron chi connectivity index (χ1n) is 8.61. The second kappa shape index (κ2) is 9.20. The minimum atomic E-state index is -1.02. The molecule has 7 nitrogen and oxygen atoms in total. The first-order valence-corrected chi connectivity index (χ1v) is 10.5. The molecule has 2 heterocycles. The van der Waals surface area contributed by atoms with Gasteiger partial charge in [-0.1, -0.05) is 23.9 Å². The van der Waals surface area contributed by atoms with Crippen molar-refractivity contribution in [3.05, 3.63) is 40.9 Å². The fraction of sp³-hybridized carbons (Fsp3) is 0.389. The molecule has 0 saturated carbocycles. The molecule has 27 heavy (non-hydrogen) atoms. The Labute approximate surface area is 165 Å². The van der Waals surface area contributed by atoms with E-state index in [1.54, 1.807) is 0 Å². The van der Waals surface area contributed by atoms with Crippen LogP contribution >= 0.6 is 23.1 Å². The molecule has 144 valence electrons. The van der Waals surface area contributed by atoms with Crippen molar-refractivity contribution in [1.29, 1.82) is 0 Å². The Hall–Kier alpha value is -2.10. The monoisotopic (exact) mass is 407 g/mol. The normalized spacial score (nSPS) is 16.7. The smallest absolute Gasteiger partial charge is 0.355 e. The zero-order valence-electron chi connectivity index (χ0n) is 14.6. The van der Waals surface area contributed by atoms with Gasteiger partial charge in [0, 0.05) is 42.4 Å². The van der Waals surface area contributed by atoms with Crippen LogP contribution in [0.2, 0.25) is 0 Å². The van der Waals surface area contributed by atoms with Gasteiger partial charge in [0.15, 0.2) is 10.0 Å². The van der Waals surface area contributed by atoms with Crippen LogP contribution in [0.25, 0.3) is 0 Å². The number of carbonyl (C=O) groups is 2. The Morgan fingerprint density at radius 2 is 2.30 bits per heavy atom. The molecule has 3 N–H and O–H groups in total. The molecular formula is C18H21N3O4S2. The number of thioether (sulfide) groups is 1. The SMILES string of the molecule is O=C(O)c1csc(SCCN2C(=O)CCC2CNc2cccc(CO)c2)n1. The van der Waals surface area contributed by atoms with E-state index in [9.17, 15) is 14.7 Å². The minimum Gasteiger partial charge on any atom is -0.476 e. The van der Waals surface area contributed by atoms with Crippen LogP contribution in [0.1, 0.15) is 28.9 Å². The average molecular weight is 408 g/mol. The second-order valence-electron chi connectivity index (χ2n) is 6.17. The number of aromatic carboxylic acids is 1. The van der Waals surface area contributed by atoms with Crippen LogP contribution in [0.5, 0.6) is 0 Å². The number of nitrogens with one attached hydrogen (secondary N) is 1. The molecule has 0 spiro atoms. The maximum atomic E-state index is 12.2. The van der Waals surface area contributed by atoms with Crippen molar-refractivity contribution < 1.29 is 19.8 Å². The van der Waals surface area contributed by atoms with Crippen molar-refractivity contribution in [2.45, 2.75) is 29.8 Å². The van der Waals surface area contributed by atoms with Gasteiger partial charge in [-0.25, -0.2) is 9.78 Å². The molecule has 1 unspecified atom stereocenters. The van der Waals surface area contributed by atoms with E-state index < -0.39 is 5.97 Å². The number of aliphatic hydroxyl groups is 1. The predicted molar refractivity (Wildman–Crippen MR) is 105 cm³/mol. The molecule has 1 aliphatic heterocycles. The van der Waals surface area contributed by atoms with E-state index in [0.29, 0.717) is 29.6 Å². The quantitative estimate of drug-likeness (QED) is 0.549. The topological polar surface area (TPSA) is 103 Å². The van der Waals surface area contributed by atoms with Crippen LogP contribution < -0.4 is 5.32 Å². The number of hydrogen-bond donors (Lipinski definition) is 3. The van der Waals surface area contributed by atoms with E-state index in [0.717, 1.165) is 17.7 Å². The number of rotatable bonds is 9. The van der Waals surface area contributed by atoms with Crippen molar-refractivity contribution in [2.24, 2.45) is 0 Å². The zero-order valence-corrected chi connectivity index (χ0v) is 16.3. The summed E-state index contributed by atoms with van der Waals surface area (Å²) in [5.41, 5.74) is 1.84.